The van der Waals surface area contributed by atoms with E-state index in [9.17, 15) is 18.5 Å². The first-order valence-electron chi connectivity index (χ1n) is 8.72. The highest BCUT2D eigenvalue weighted by molar-refractivity contribution is 7.89. The Bertz CT molecular complexity index is 962. The lowest BCUT2D eigenvalue weighted by molar-refractivity contribution is -0.384. The number of sulfonamides is 1. The third-order valence-electron chi connectivity index (χ3n) is 4.51. The maximum Gasteiger partial charge on any atom is 0.269 e. The molecule has 0 aliphatic carbocycles. The molecule has 1 aromatic carbocycles. The molecule has 1 fully saturated rings. The number of nitro groups is 1. The second kappa shape index (κ2) is 7.82. The topological polar surface area (TPSA) is 106 Å². The van der Waals surface area contributed by atoms with Crippen molar-refractivity contribution in [2.24, 2.45) is 0 Å². The average Bonchev–Trinajstić information content (AvgIpc) is 2.67. The minimum absolute atomic E-state index is 0.0228. The number of ether oxygens (including phenoxy) is 1. The molecule has 1 aliphatic rings. The Morgan fingerprint density at radius 1 is 1.21 bits per heavy atom. The van der Waals surface area contributed by atoms with E-state index in [1.165, 1.54) is 28.6 Å². The predicted molar refractivity (Wildman–Crippen MR) is 104 cm³/mol. The van der Waals surface area contributed by atoms with Crippen molar-refractivity contribution in [2.45, 2.75) is 24.0 Å². The SMILES string of the molecule is C[C@@H]1CN(S(=O)(=O)c2ccc([N+](=O)[O-])cc2)C[C@H](c2ccnc(N(C)C)c2)O1. The number of hydrogen-bond acceptors (Lipinski definition) is 7. The van der Waals surface area contributed by atoms with Gasteiger partial charge in [0.15, 0.2) is 0 Å². The molecule has 0 saturated carbocycles. The van der Waals surface area contributed by atoms with E-state index >= 15 is 0 Å². The third kappa shape index (κ3) is 4.13. The van der Waals surface area contributed by atoms with Gasteiger partial charge in [-0.25, -0.2) is 13.4 Å². The van der Waals surface area contributed by atoms with Crippen molar-refractivity contribution < 1.29 is 18.1 Å². The molecule has 9 nitrogen and oxygen atoms in total. The summed E-state index contributed by atoms with van der Waals surface area (Å²) in [6.07, 6.45) is 0.934. The minimum atomic E-state index is -3.80. The number of non-ortho nitro benzene ring substituents is 1. The fraction of sp³-hybridized carbons (Fsp3) is 0.389. The molecule has 10 heteroatoms. The first kappa shape index (κ1) is 20.2. The zero-order valence-electron chi connectivity index (χ0n) is 15.8. The van der Waals surface area contributed by atoms with Gasteiger partial charge in [-0.1, -0.05) is 0 Å². The van der Waals surface area contributed by atoms with E-state index in [0.29, 0.717) is 0 Å². The smallest absolute Gasteiger partial charge is 0.269 e. The summed E-state index contributed by atoms with van der Waals surface area (Å²) in [6, 6.07) is 8.60. The summed E-state index contributed by atoms with van der Waals surface area (Å²) >= 11 is 0. The first-order valence-corrected chi connectivity index (χ1v) is 10.2. The quantitative estimate of drug-likeness (QED) is 0.553. The Morgan fingerprint density at radius 2 is 1.89 bits per heavy atom. The fourth-order valence-corrected chi connectivity index (χ4v) is 4.58. The average molecular weight is 406 g/mol. The fourth-order valence-electron chi connectivity index (χ4n) is 3.06. The number of hydrogen-bond donors (Lipinski definition) is 0. The maximum absolute atomic E-state index is 13.0. The Balaban J connectivity index is 1.87. The van der Waals surface area contributed by atoms with Gasteiger partial charge >= 0.3 is 0 Å². The normalized spacial score (nSPS) is 20.7. The van der Waals surface area contributed by atoms with Crippen LogP contribution in [0.4, 0.5) is 11.5 Å². The van der Waals surface area contributed by atoms with Crippen molar-refractivity contribution in [1.82, 2.24) is 9.29 Å². The molecule has 28 heavy (non-hydrogen) atoms. The molecule has 2 heterocycles. The molecule has 0 amide bonds. The summed E-state index contributed by atoms with van der Waals surface area (Å²) < 4.78 is 33.4. The van der Waals surface area contributed by atoms with E-state index in [1.54, 1.807) is 6.20 Å². The van der Waals surface area contributed by atoms with Crippen molar-refractivity contribution in [3.8, 4) is 0 Å². The van der Waals surface area contributed by atoms with Crippen LogP contribution in [0.1, 0.15) is 18.6 Å². The molecule has 1 aliphatic heterocycles. The lowest BCUT2D eigenvalue weighted by atomic mass is 10.1. The number of pyridine rings is 1. The molecule has 0 spiro atoms. The van der Waals surface area contributed by atoms with Gasteiger partial charge in [-0.3, -0.25) is 10.1 Å². The molecule has 0 bridgehead atoms. The Kier molecular flexibility index (Phi) is 5.64. The van der Waals surface area contributed by atoms with Gasteiger partial charge in [0.25, 0.3) is 5.69 Å². The zero-order chi connectivity index (χ0) is 20.5. The van der Waals surface area contributed by atoms with Crippen molar-refractivity contribution in [2.75, 3.05) is 32.1 Å². The number of rotatable bonds is 5. The molecule has 1 aromatic heterocycles. The van der Waals surface area contributed by atoms with Gasteiger partial charge < -0.3 is 9.64 Å². The standard InChI is InChI=1S/C18H22N4O5S/c1-13-11-21(28(25,26)16-6-4-15(5-7-16)22(23)24)12-17(27-13)14-8-9-19-18(10-14)20(2)3/h4-10,13,17H,11-12H2,1-3H3/t13-,17-/m1/s1. The van der Waals surface area contributed by atoms with Gasteiger partial charge in [0, 0.05) is 45.5 Å². The lowest BCUT2D eigenvalue weighted by Gasteiger charge is -2.36. The number of morpholine rings is 1. The van der Waals surface area contributed by atoms with E-state index in [4.69, 9.17) is 4.74 Å². The molecular weight excluding hydrogens is 384 g/mol. The van der Waals surface area contributed by atoms with Gasteiger partial charge in [0.05, 0.1) is 22.0 Å². The summed E-state index contributed by atoms with van der Waals surface area (Å²) in [5, 5.41) is 10.8. The second-order valence-electron chi connectivity index (χ2n) is 6.85. The van der Waals surface area contributed by atoms with Crippen LogP contribution >= 0.6 is 0 Å². The van der Waals surface area contributed by atoms with Crippen molar-refractivity contribution in [3.05, 3.63) is 58.3 Å². The number of nitrogens with zero attached hydrogens (tertiary/aromatic N) is 4. The first-order chi connectivity index (χ1) is 13.2. The van der Waals surface area contributed by atoms with Gasteiger partial charge in [0.1, 0.15) is 5.82 Å². The Hall–Kier alpha value is -2.56. The van der Waals surface area contributed by atoms with E-state index in [-0.39, 0.29) is 29.8 Å². The van der Waals surface area contributed by atoms with Crippen LogP contribution in [0.2, 0.25) is 0 Å². The number of aromatic nitrogens is 1. The van der Waals surface area contributed by atoms with Gasteiger partial charge in [-0.15, -0.1) is 0 Å². The van der Waals surface area contributed by atoms with Gasteiger partial charge in [-0.05, 0) is 36.8 Å². The molecule has 0 radical (unpaired) electrons. The summed E-state index contributed by atoms with van der Waals surface area (Å²) in [5.41, 5.74) is 0.689. The minimum Gasteiger partial charge on any atom is -0.368 e. The molecule has 150 valence electrons. The predicted octanol–water partition coefficient (Wildman–Crippen LogP) is 2.21. The van der Waals surface area contributed by atoms with E-state index in [0.717, 1.165) is 11.4 Å². The van der Waals surface area contributed by atoms with E-state index in [2.05, 4.69) is 4.98 Å². The molecular formula is C18H22N4O5S. The zero-order valence-corrected chi connectivity index (χ0v) is 16.7. The van der Waals surface area contributed by atoms with Crippen molar-refractivity contribution in [1.29, 1.82) is 0 Å². The van der Waals surface area contributed by atoms with Crippen LogP contribution in [0.5, 0.6) is 0 Å². The van der Waals surface area contributed by atoms with E-state index < -0.39 is 21.1 Å². The van der Waals surface area contributed by atoms with Crippen molar-refractivity contribution >= 4 is 21.5 Å². The summed E-state index contributed by atoms with van der Waals surface area (Å²) in [5.74, 6) is 0.754. The van der Waals surface area contributed by atoms with Gasteiger partial charge in [0.2, 0.25) is 10.0 Å². The number of nitro benzene ring substituents is 1. The van der Waals surface area contributed by atoms with Crippen LogP contribution in [0.3, 0.4) is 0 Å². The number of anilines is 1. The molecule has 3 rings (SSSR count). The van der Waals surface area contributed by atoms with Crippen LogP contribution in [0, 0.1) is 10.1 Å². The molecule has 1 saturated heterocycles. The van der Waals surface area contributed by atoms with Crippen LogP contribution in [0.25, 0.3) is 0 Å². The van der Waals surface area contributed by atoms with Crippen LogP contribution < -0.4 is 4.90 Å². The highest BCUT2D eigenvalue weighted by Crippen LogP contribution is 2.30. The molecule has 0 unspecified atom stereocenters. The second-order valence-corrected chi connectivity index (χ2v) is 8.79. The summed E-state index contributed by atoms with van der Waals surface area (Å²) in [6.45, 7) is 2.18. The van der Waals surface area contributed by atoms with E-state index in [1.807, 2.05) is 38.1 Å². The highest BCUT2D eigenvalue weighted by atomic mass is 32.2. The third-order valence-corrected chi connectivity index (χ3v) is 6.36. The largest absolute Gasteiger partial charge is 0.368 e. The molecule has 2 aromatic rings. The molecule has 0 N–H and O–H groups in total. The Morgan fingerprint density at radius 3 is 2.50 bits per heavy atom. The Labute approximate surface area is 163 Å². The lowest BCUT2D eigenvalue weighted by Crippen LogP contribution is -2.45. The summed E-state index contributed by atoms with van der Waals surface area (Å²) in [7, 11) is -0.0465. The van der Waals surface area contributed by atoms with Crippen molar-refractivity contribution in [3.63, 3.8) is 0 Å². The van der Waals surface area contributed by atoms with Crippen LogP contribution in [0.15, 0.2) is 47.5 Å². The van der Waals surface area contributed by atoms with Crippen LogP contribution in [-0.4, -0.2) is 55.9 Å². The maximum atomic E-state index is 13.0. The van der Waals surface area contributed by atoms with Crippen LogP contribution in [-0.2, 0) is 14.8 Å². The summed E-state index contributed by atoms with van der Waals surface area (Å²) in [4.78, 5) is 16.4. The highest BCUT2D eigenvalue weighted by Gasteiger charge is 2.35. The van der Waals surface area contributed by atoms with Gasteiger partial charge in [-0.2, -0.15) is 4.31 Å². The number of benzene rings is 1. The molecule has 2 atom stereocenters. The monoisotopic (exact) mass is 406 g/mol.